The molecule has 0 bridgehead atoms. The quantitative estimate of drug-likeness (QED) is 0.291. The van der Waals surface area contributed by atoms with Gasteiger partial charge in [-0.2, -0.15) is 0 Å². The summed E-state index contributed by atoms with van der Waals surface area (Å²) in [6.45, 7) is 14.0. The molecule has 4 N–H and O–H groups in total. The van der Waals surface area contributed by atoms with E-state index >= 15 is 0 Å². The number of aliphatic hydroxyl groups is 2. The number of carboxylic acids is 2. The summed E-state index contributed by atoms with van der Waals surface area (Å²) in [5, 5.41) is 38.9. The summed E-state index contributed by atoms with van der Waals surface area (Å²) in [6.07, 6.45) is 11.8. The number of aliphatic carboxylic acids is 2. The van der Waals surface area contributed by atoms with E-state index in [2.05, 4.69) is 0 Å². The minimum Gasteiger partial charge on any atom is -0.478 e. The highest BCUT2D eigenvalue weighted by molar-refractivity contribution is 5.93. The van der Waals surface area contributed by atoms with Crippen LogP contribution in [0.2, 0.25) is 0 Å². The Bertz CT molecular complexity index is 1080. The Hall–Kier alpha value is -3.36. The van der Waals surface area contributed by atoms with Crippen molar-refractivity contribution in [3.8, 4) is 0 Å². The summed E-state index contributed by atoms with van der Waals surface area (Å²) in [5.74, 6) is -2.06. The summed E-state index contributed by atoms with van der Waals surface area (Å²) >= 11 is 0. The zero-order valence-electron chi connectivity index (χ0n) is 23.5. The normalized spacial score (nSPS) is 27.5. The van der Waals surface area contributed by atoms with Gasteiger partial charge >= 0.3 is 11.9 Å². The monoisotopic (exact) mass is 528 g/mol. The van der Waals surface area contributed by atoms with E-state index in [1.54, 1.807) is 52.0 Å². The second-order valence-corrected chi connectivity index (χ2v) is 11.4. The van der Waals surface area contributed by atoms with Gasteiger partial charge in [-0.1, -0.05) is 39.8 Å². The van der Waals surface area contributed by atoms with E-state index in [1.807, 2.05) is 27.7 Å². The van der Waals surface area contributed by atoms with Crippen LogP contribution in [0.3, 0.4) is 0 Å². The lowest BCUT2D eigenvalue weighted by molar-refractivity contribution is -0.132. The lowest BCUT2D eigenvalue weighted by atomic mass is 9.64. The van der Waals surface area contributed by atoms with Crippen LogP contribution in [0.4, 0.5) is 0 Å². The summed E-state index contributed by atoms with van der Waals surface area (Å²) in [4.78, 5) is 44.2. The third-order valence-electron chi connectivity index (χ3n) is 7.13. The second kappa shape index (κ2) is 12.0. The van der Waals surface area contributed by atoms with E-state index in [1.165, 1.54) is 12.2 Å². The van der Waals surface area contributed by atoms with Gasteiger partial charge in [0.25, 0.3) is 0 Å². The Morgan fingerprint density at radius 3 is 1.24 bits per heavy atom. The van der Waals surface area contributed by atoms with Crippen LogP contribution in [0.5, 0.6) is 0 Å². The van der Waals surface area contributed by atoms with Gasteiger partial charge in [-0.3, -0.25) is 9.59 Å². The van der Waals surface area contributed by atoms with Crippen LogP contribution in [-0.4, -0.2) is 55.1 Å². The van der Waals surface area contributed by atoms with Gasteiger partial charge in [0.15, 0.2) is 11.6 Å². The molecule has 2 atom stereocenters. The first kappa shape index (κ1) is 32.7. The average Bonchev–Trinajstić information content (AvgIpc) is 2.72. The van der Waals surface area contributed by atoms with Gasteiger partial charge in [-0.15, -0.1) is 0 Å². The molecule has 0 aromatic carbocycles. The van der Waals surface area contributed by atoms with Gasteiger partial charge in [0.05, 0.1) is 0 Å². The van der Waals surface area contributed by atoms with E-state index in [0.717, 1.165) is 12.2 Å². The maximum atomic E-state index is 11.6. The van der Waals surface area contributed by atoms with E-state index in [9.17, 15) is 29.4 Å². The summed E-state index contributed by atoms with van der Waals surface area (Å²) < 4.78 is 0. The summed E-state index contributed by atoms with van der Waals surface area (Å²) in [6, 6.07) is 0. The van der Waals surface area contributed by atoms with Crippen molar-refractivity contribution in [2.45, 2.75) is 79.4 Å². The zero-order valence-corrected chi connectivity index (χ0v) is 23.5. The van der Waals surface area contributed by atoms with Crippen LogP contribution in [0.25, 0.3) is 0 Å². The highest BCUT2D eigenvalue weighted by Crippen LogP contribution is 2.45. The van der Waals surface area contributed by atoms with Gasteiger partial charge in [0.1, 0.15) is 11.2 Å². The van der Waals surface area contributed by atoms with Crippen molar-refractivity contribution in [1.82, 2.24) is 0 Å². The first-order valence-corrected chi connectivity index (χ1v) is 12.3. The molecule has 2 rings (SSSR count). The highest BCUT2D eigenvalue weighted by Gasteiger charge is 2.47. The number of carbonyl (C=O) groups excluding carboxylic acids is 2. The van der Waals surface area contributed by atoms with Crippen LogP contribution < -0.4 is 0 Å². The van der Waals surface area contributed by atoms with Crippen LogP contribution in [0.15, 0.2) is 70.9 Å². The highest BCUT2D eigenvalue weighted by atomic mass is 16.4. The Kier molecular flexibility index (Phi) is 10.3. The fraction of sp³-hybridized carbons (Fsp3) is 0.467. The molecule has 0 spiro atoms. The minimum absolute atomic E-state index is 0.00150. The third kappa shape index (κ3) is 7.82. The molecule has 38 heavy (non-hydrogen) atoms. The van der Waals surface area contributed by atoms with Gasteiger partial charge in [-0.05, 0) is 74.3 Å². The van der Waals surface area contributed by atoms with Crippen molar-refractivity contribution in [2.24, 2.45) is 10.8 Å². The number of hydrogen-bond donors (Lipinski definition) is 4. The molecule has 2 aliphatic carbocycles. The molecule has 0 saturated heterocycles. The molecule has 0 unspecified atom stereocenters. The van der Waals surface area contributed by atoms with Crippen molar-refractivity contribution in [3.05, 3.63) is 70.9 Å². The lowest BCUT2D eigenvalue weighted by Crippen LogP contribution is -2.48. The second-order valence-electron chi connectivity index (χ2n) is 11.4. The fourth-order valence-electron chi connectivity index (χ4n) is 4.72. The predicted molar refractivity (Wildman–Crippen MR) is 145 cm³/mol. The van der Waals surface area contributed by atoms with Crippen molar-refractivity contribution in [1.29, 1.82) is 0 Å². The standard InChI is InChI=1S/2C15H20O4/c2*1-10(7-13(17)18)5-6-15(19)11(2)8-12(16)9-14(15,3)4/h2*5-8,19H,9H2,1-4H3,(H,17,18)/b2*6-5+,10-7-/t2*15-/m10/s1. The lowest BCUT2D eigenvalue weighted by Gasteiger charge is -2.44. The molecule has 8 nitrogen and oxygen atoms in total. The molecular weight excluding hydrogens is 488 g/mol. The van der Waals surface area contributed by atoms with Crippen LogP contribution in [-0.2, 0) is 19.2 Å². The van der Waals surface area contributed by atoms with Crippen molar-refractivity contribution >= 4 is 23.5 Å². The maximum absolute atomic E-state index is 11.6. The van der Waals surface area contributed by atoms with E-state index in [0.29, 0.717) is 22.3 Å². The number of rotatable bonds is 6. The first-order valence-electron chi connectivity index (χ1n) is 12.3. The van der Waals surface area contributed by atoms with E-state index < -0.39 is 34.0 Å². The Morgan fingerprint density at radius 1 is 0.711 bits per heavy atom. The Labute approximate surface area is 224 Å². The molecule has 0 aliphatic heterocycles. The molecule has 0 fully saturated rings. The number of ketones is 2. The smallest absolute Gasteiger partial charge is 0.328 e. The van der Waals surface area contributed by atoms with Crippen LogP contribution in [0.1, 0.15) is 68.2 Å². The molecule has 0 aromatic heterocycles. The van der Waals surface area contributed by atoms with Crippen LogP contribution >= 0.6 is 0 Å². The van der Waals surface area contributed by atoms with E-state index in [4.69, 9.17) is 10.2 Å². The minimum atomic E-state index is -1.24. The molecule has 0 radical (unpaired) electrons. The molecule has 8 heteroatoms. The molecule has 0 aromatic rings. The number of carbonyl (C=O) groups is 4. The number of allylic oxidation sites excluding steroid dienone is 6. The van der Waals surface area contributed by atoms with Gasteiger partial charge in [0.2, 0.25) is 0 Å². The predicted octanol–water partition coefficient (Wildman–Crippen LogP) is 4.50. The topological polar surface area (TPSA) is 149 Å². The first-order chi connectivity index (χ1) is 17.2. The summed E-state index contributed by atoms with van der Waals surface area (Å²) in [7, 11) is 0. The van der Waals surface area contributed by atoms with Crippen molar-refractivity contribution in [3.63, 3.8) is 0 Å². The van der Waals surface area contributed by atoms with Gasteiger partial charge in [-0.25, -0.2) is 9.59 Å². The largest absolute Gasteiger partial charge is 0.478 e. The van der Waals surface area contributed by atoms with Crippen molar-refractivity contribution < 1.29 is 39.6 Å². The molecular formula is C30H40O8. The van der Waals surface area contributed by atoms with Crippen molar-refractivity contribution in [2.75, 3.05) is 0 Å². The van der Waals surface area contributed by atoms with E-state index in [-0.39, 0.29) is 24.4 Å². The molecule has 0 amide bonds. The number of carboxylic acid groups (broad SMARTS) is 2. The van der Waals surface area contributed by atoms with Gasteiger partial charge < -0.3 is 20.4 Å². The Morgan fingerprint density at radius 2 is 1.00 bits per heavy atom. The SMILES string of the molecule is CC1=CC(=O)CC(C)(C)[C@@]1(O)/C=C/C(C)=C\C(=O)O.CC1=CC(=O)CC(C)(C)[C@]1(O)/C=C/C(C)=C\C(=O)O. The molecule has 0 saturated carbocycles. The fourth-order valence-corrected chi connectivity index (χ4v) is 4.72. The molecule has 2 aliphatic rings. The molecule has 0 heterocycles. The Balaban J connectivity index is 0.000000380. The van der Waals surface area contributed by atoms with Crippen LogP contribution in [0, 0.1) is 10.8 Å². The average molecular weight is 529 g/mol. The van der Waals surface area contributed by atoms with Gasteiger partial charge in [0, 0.05) is 35.8 Å². The zero-order chi connectivity index (χ0) is 29.7. The molecule has 208 valence electrons. The third-order valence-corrected chi connectivity index (χ3v) is 7.13. The maximum Gasteiger partial charge on any atom is 0.328 e. The summed E-state index contributed by atoms with van der Waals surface area (Å²) in [5.41, 5.74) is -1.52. The number of hydrogen-bond acceptors (Lipinski definition) is 6.